The van der Waals surface area contributed by atoms with Crippen LogP contribution in [0, 0.1) is 0 Å². The Balaban J connectivity index is 1.64. The molecule has 5 aromatic rings. The van der Waals surface area contributed by atoms with Gasteiger partial charge in [0.05, 0.1) is 35.5 Å². The third-order valence-electron chi connectivity index (χ3n) is 5.32. The molecular formula is C20H15N5O6. The second-order valence-electron chi connectivity index (χ2n) is 6.96. The van der Waals surface area contributed by atoms with Crippen molar-refractivity contribution in [3.8, 4) is 5.75 Å². The van der Waals surface area contributed by atoms with E-state index >= 15 is 0 Å². The number of rotatable bonds is 4. The van der Waals surface area contributed by atoms with Gasteiger partial charge < -0.3 is 9.72 Å². The van der Waals surface area contributed by atoms with Crippen molar-refractivity contribution in [3.05, 3.63) is 94.6 Å². The Hall–Kier alpha value is -4.41. The largest absolute Gasteiger partial charge is 0.497 e. The first-order valence-electron chi connectivity index (χ1n) is 9.32. The number of H-pyrrole nitrogens is 1. The van der Waals surface area contributed by atoms with Crippen molar-refractivity contribution in [3.63, 3.8) is 0 Å². The normalized spacial score (nSPS) is 11.6. The molecule has 156 valence electrons. The highest BCUT2D eigenvalue weighted by atomic mass is 16.5. The van der Waals surface area contributed by atoms with Crippen LogP contribution in [0.25, 0.3) is 21.8 Å². The summed E-state index contributed by atoms with van der Waals surface area (Å²) in [7, 11) is 1.44. The van der Waals surface area contributed by atoms with Crippen LogP contribution in [0.1, 0.15) is 0 Å². The maximum Gasteiger partial charge on any atom is 0.355 e. The quantitative estimate of drug-likeness (QED) is 0.406. The topological polar surface area (TPSA) is 129 Å². The molecule has 0 aliphatic heterocycles. The molecule has 5 rings (SSSR count). The van der Waals surface area contributed by atoms with Crippen molar-refractivity contribution in [2.75, 3.05) is 7.11 Å². The third-order valence-corrected chi connectivity index (χ3v) is 5.32. The molecule has 0 unspecified atom stereocenters. The zero-order valence-corrected chi connectivity index (χ0v) is 16.2. The number of hydrogen-bond donors (Lipinski definition) is 1. The van der Waals surface area contributed by atoms with E-state index in [9.17, 15) is 24.0 Å². The summed E-state index contributed by atoms with van der Waals surface area (Å²) in [6, 6.07) is 11.1. The van der Waals surface area contributed by atoms with Gasteiger partial charge in [0.1, 0.15) is 5.75 Å². The zero-order valence-electron chi connectivity index (χ0n) is 16.2. The Kier molecular flexibility index (Phi) is 3.93. The number of nitrogens with one attached hydrogen (secondary N) is 1. The first-order chi connectivity index (χ1) is 14.9. The zero-order chi connectivity index (χ0) is 21.9. The van der Waals surface area contributed by atoms with Crippen molar-refractivity contribution in [1.82, 2.24) is 23.1 Å². The number of methoxy groups -OCH3 is 1. The van der Waals surface area contributed by atoms with Crippen LogP contribution < -0.4 is 32.9 Å². The molecule has 0 spiro atoms. The van der Waals surface area contributed by atoms with E-state index < -0.39 is 28.2 Å². The van der Waals surface area contributed by atoms with Crippen LogP contribution in [0.15, 0.2) is 66.4 Å². The number of aromatic nitrogens is 5. The fourth-order valence-electron chi connectivity index (χ4n) is 3.78. The summed E-state index contributed by atoms with van der Waals surface area (Å²) < 4.78 is 8.55. The molecule has 0 aliphatic rings. The van der Waals surface area contributed by atoms with Gasteiger partial charge in [-0.05, 0) is 30.3 Å². The van der Waals surface area contributed by atoms with Gasteiger partial charge in [0.15, 0.2) is 0 Å². The van der Waals surface area contributed by atoms with Gasteiger partial charge in [-0.1, -0.05) is 12.1 Å². The molecule has 3 aromatic heterocycles. The van der Waals surface area contributed by atoms with E-state index in [2.05, 4.69) is 4.98 Å². The first kappa shape index (κ1) is 18.6. The lowest BCUT2D eigenvalue weighted by Gasteiger charge is -2.06. The maximum absolute atomic E-state index is 12.9. The molecule has 2 aromatic carbocycles. The summed E-state index contributed by atoms with van der Waals surface area (Å²) in [5, 5.41) is 0.478. The Morgan fingerprint density at radius 2 is 1.52 bits per heavy atom. The van der Waals surface area contributed by atoms with Gasteiger partial charge in [0, 0.05) is 6.54 Å². The SMILES string of the molecule is COc1ccc2c(c1)c(=O)n1c(=O)n(CCn3c(=O)[nH]c4ccccc4c3=O)c(=O)n21. The molecule has 0 saturated carbocycles. The smallest absolute Gasteiger partial charge is 0.355 e. The van der Waals surface area contributed by atoms with Crippen LogP contribution in [0.2, 0.25) is 0 Å². The lowest BCUT2D eigenvalue weighted by molar-refractivity contribution is 0.415. The number of nitrogens with zero attached hydrogens (tertiary/aromatic N) is 4. The maximum atomic E-state index is 12.9. The van der Waals surface area contributed by atoms with E-state index in [1.165, 1.54) is 19.2 Å². The Morgan fingerprint density at radius 3 is 2.29 bits per heavy atom. The monoisotopic (exact) mass is 421 g/mol. The van der Waals surface area contributed by atoms with Gasteiger partial charge in [-0.3, -0.25) is 14.2 Å². The lowest BCUT2D eigenvalue weighted by Crippen LogP contribution is -2.39. The van der Waals surface area contributed by atoms with Gasteiger partial charge in [-0.2, -0.15) is 9.03 Å². The molecule has 0 fully saturated rings. The molecule has 31 heavy (non-hydrogen) atoms. The first-order valence-corrected chi connectivity index (χ1v) is 9.32. The van der Waals surface area contributed by atoms with Crippen LogP contribution in [0.4, 0.5) is 0 Å². The Morgan fingerprint density at radius 1 is 0.806 bits per heavy atom. The van der Waals surface area contributed by atoms with Gasteiger partial charge in [-0.25, -0.2) is 19.0 Å². The molecule has 0 radical (unpaired) electrons. The van der Waals surface area contributed by atoms with E-state index in [0.717, 1.165) is 18.2 Å². The van der Waals surface area contributed by atoms with Gasteiger partial charge >= 0.3 is 17.1 Å². The number of ether oxygens (including phenoxy) is 1. The number of para-hydroxylation sites is 1. The number of aromatic amines is 1. The molecule has 1 N–H and O–H groups in total. The minimum absolute atomic E-state index is 0.169. The summed E-state index contributed by atoms with van der Waals surface area (Å²) in [5.41, 5.74) is -2.79. The standard InChI is InChI=1S/C20H15N5O6/c1-31-11-6-7-15-13(10-11)17(27)25-20(30)23(19(29)24(15)25)9-8-22-16(26)12-4-2-3-5-14(12)21-18(22)28/h2-7,10H,8-9H2,1H3,(H,21,28). The highest BCUT2D eigenvalue weighted by Gasteiger charge is 2.20. The molecule has 11 nitrogen and oxygen atoms in total. The molecular weight excluding hydrogens is 406 g/mol. The second kappa shape index (κ2) is 6.55. The predicted octanol–water partition coefficient (Wildman–Crippen LogP) is -0.776. The van der Waals surface area contributed by atoms with E-state index in [1.807, 2.05) is 0 Å². The minimum atomic E-state index is -0.851. The molecule has 3 heterocycles. The van der Waals surface area contributed by atoms with E-state index in [0.29, 0.717) is 16.7 Å². The van der Waals surface area contributed by atoms with Crippen LogP contribution in [0.3, 0.4) is 0 Å². The van der Waals surface area contributed by atoms with Gasteiger partial charge in [0.25, 0.3) is 11.1 Å². The summed E-state index contributed by atoms with van der Waals surface area (Å²) in [6.07, 6.45) is 0. The van der Waals surface area contributed by atoms with Gasteiger partial charge in [0.2, 0.25) is 0 Å². The second-order valence-corrected chi connectivity index (χ2v) is 6.96. The molecule has 0 amide bonds. The summed E-state index contributed by atoms with van der Waals surface area (Å²) in [5.74, 6) is 0.418. The fraction of sp³-hybridized carbons (Fsp3) is 0.150. The van der Waals surface area contributed by atoms with Crippen LogP contribution in [-0.4, -0.2) is 30.3 Å². The Labute approximate surface area is 170 Å². The average Bonchev–Trinajstić information content (AvgIpc) is 3.20. The molecule has 0 bridgehead atoms. The van der Waals surface area contributed by atoms with E-state index in [1.54, 1.807) is 30.3 Å². The lowest BCUT2D eigenvalue weighted by atomic mass is 10.2. The van der Waals surface area contributed by atoms with Crippen LogP contribution in [-0.2, 0) is 13.1 Å². The molecule has 0 saturated heterocycles. The molecule has 0 atom stereocenters. The Bertz CT molecular complexity index is 1790. The summed E-state index contributed by atoms with van der Waals surface area (Å²) in [4.78, 5) is 66.0. The van der Waals surface area contributed by atoms with Crippen molar-refractivity contribution in [2.24, 2.45) is 0 Å². The number of hydrogen-bond acceptors (Lipinski definition) is 6. The van der Waals surface area contributed by atoms with Crippen LogP contribution >= 0.6 is 0 Å². The van der Waals surface area contributed by atoms with Crippen molar-refractivity contribution < 1.29 is 4.74 Å². The van der Waals surface area contributed by atoms with Crippen LogP contribution in [0.5, 0.6) is 5.75 Å². The third kappa shape index (κ3) is 2.56. The highest BCUT2D eigenvalue weighted by Crippen LogP contribution is 2.16. The number of benzene rings is 2. The van der Waals surface area contributed by atoms with Crippen molar-refractivity contribution in [2.45, 2.75) is 13.1 Å². The average molecular weight is 421 g/mol. The van der Waals surface area contributed by atoms with Crippen molar-refractivity contribution in [1.29, 1.82) is 0 Å². The van der Waals surface area contributed by atoms with E-state index in [4.69, 9.17) is 4.74 Å². The summed E-state index contributed by atoms with van der Waals surface area (Å²) >= 11 is 0. The highest BCUT2D eigenvalue weighted by molar-refractivity contribution is 5.80. The van der Waals surface area contributed by atoms with Gasteiger partial charge in [-0.15, -0.1) is 0 Å². The molecule has 0 aliphatic carbocycles. The minimum Gasteiger partial charge on any atom is -0.497 e. The summed E-state index contributed by atoms with van der Waals surface area (Å²) in [6.45, 7) is -0.480. The number of fused-ring (bicyclic) bond motifs is 4. The van der Waals surface area contributed by atoms with E-state index in [-0.39, 0.29) is 24.0 Å². The van der Waals surface area contributed by atoms with Crippen molar-refractivity contribution >= 4 is 21.8 Å². The fourth-order valence-corrected chi connectivity index (χ4v) is 3.78. The molecule has 11 heteroatoms. The predicted molar refractivity (Wildman–Crippen MR) is 112 cm³/mol.